The fourth-order valence-corrected chi connectivity index (χ4v) is 5.60. The van der Waals surface area contributed by atoms with Crippen molar-refractivity contribution in [3.63, 3.8) is 0 Å². The lowest BCUT2D eigenvalue weighted by molar-refractivity contribution is -0.127. The maximum absolute atomic E-state index is 14.1. The lowest BCUT2D eigenvalue weighted by Gasteiger charge is -2.41. The van der Waals surface area contributed by atoms with Crippen molar-refractivity contribution in [3.8, 4) is 0 Å². The molecule has 5 rings (SSSR count). The Morgan fingerprint density at radius 2 is 1.44 bits per heavy atom. The summed E-state index contributed by atoms with van der Waals surface area (Å²) in [6.07, 6.45) is 4.22. The second-order valence-electron chi connectivity index (χ2n) is 8.83. The molecule has 3 nitrogen and oxygen atoms in total. The van der Waals surface area contributed by atoms with Gasteiger partial charge in [-0.3, -0.25) is 9.59 Å². The number of allylic oxidation sites excluding steroid dienone is 2. The predicted molar refractivity (Wildman–Crippen MR) is 128 cm³/mol. The predicted octanol–water partition coefficient (Wildman–Crippen LogP) is 6.28. The number of hydrogen-bond donors (Lipinski definition) is 0. The Balaban J connectivity index is 1.71. The molecular weight excluding hydrogens is 418 g/mol. The highest BCUT2D eigenvalue weighted by molar-refractivity contribution is 6.32. The van der Waals surface area contributed by atoms with Gasteiger partial charge in [0.1, 0.15) is 0 Å². The molecule has 32 heavy (non-hydrogen) atoms. The van der Waals surface area contributed by atoms with Gasteiger partial charge in [-0.15, -0.1) is 0 Å². The minimum Gasteiger partial charge on any atom is -0.274 e. The van der Waals surface area contributed by atoms with Crippen molar-refractivity contribution in [1.29, 1.82) is 0 Å². The molecule has 0 radical (unpaired) electrons. The molecule has 1 fully saturated rings. The summed E-state index contributed by atoms with van der Waals surface area (Å²) in [6, 6.07) is 25.3. The molecule has 160 valence electrons. The topological polar surface area (TPSA) is 37.4 Å². The highest BCUT2D eigenvalue weighted by Crippen LogP contribution is 2.58. The number of benzene rings is 3. The van der Waals surface area contributed by atoms with E-state index >= 15 is 0 Å². The zero-order chi connectivity index (χ0) is 22.5. The molecule has 0 bridgehead atoms. The van der Waals surface area contributed by atoms with Crippen LogP contribution in [0.25, 0.3) is 0 Å². The third-order valence-corrected chi connectivity index (χ3v) is 7.55. The van der Waals surface area contributed by atoms with Crippen LogP contribution in [0.2, 0.25) is 5.02 Å². The molecule has 1 saturated heterocycles. The summed E-state index contributed by atoms with van der Waals surface area (Å²) in [4.78, 5) is 29.5. The maximum Gasteiger partial charge on any atom is 0.241 e. The SMILES string of the molecule is Cc1c(Cl)cccc1N1C(=O)[C@H]2[C@H](c3ccccc3)C=C[C@H](c3ccccc3)[C@]2(C)C1=O. The number of rotatable bonds is 3. The zero-order valence-electron chi connectivity index (χ0n) is 18.0. The third kappa shape index (κ3) is 2.96. The fraction of sp³-hybridized carbons (Fsp3) is 0.214. The zero-order valence-corrected chi connectivity index (χ0v) is 18.8. The quantitative estimate of drug-likeness (QED) is 0.354. The van der Waals surface area contributed by atoms with Crippen molar-refractivity contribution in [3.05, 3.63) is 113 Å². The van der Waals surface area contributed by atoms with Crippen molar-refractivity contribution in [2.45, 2.75) is 25.7 Å². The first kappa shape index (κ1) is 20.7. The average Bonchev–Trinajstić information content (AvgIpc) is 3.02. The van der Waals surface area contributed by atoms with Crippen molar-refractivity contribution < 1.29 is 9.59 Å². The summed E-state index contributed by atoms with van der Waals surface area (Å²) >= 11 is 6.36. The van der Waals surface area contributed by atoms with E-state index in [4.69, 9.17) is 11.6 Å². The van der Waals surface area contributed by atoms with Crippen LogP contribution >= 0.6 is 11.6 Å². The Morgan fingerprint density at radius 1 is 0.812 bits per heavy atom. The second kappa shape index (κ2) is 7.75. The molecule has 0 aromatic heterocycles. The molecule has 0 spiro atoms. The van der Waals surface area contributed by atoms with Crippen LogP contribution in [-0.4, -0.2) is 11.8 Å². The Hall–Kier alpha value is -3.17. The number of fused-ring (bicyclic) bond motifs is 1. The Morgan fingerprint density at radius 3 is 2.09 bits per heavy atom. The van der Waals surface area contributed by atoms with E-state index < -0.39 is 11.3 Å². The van der Waals surface area contributed by atoms with Crippen LogP contribution in [0.1, 0.15) is 35.4 Å². The van der Waals surface area contributed by atoms with Crippen LogP contribution < -0.4 is 4.90 Å². The van der Waals surface area contributed by atoms with Gasteiger partial charge in [-0.05, 0) is 42.7 Å². The van der Waals surface area contributed by atoms with Crippen LogP contribution in [0, 0.1) is 18.3 Å². The number of amides is 2. The minimum atomic E-state index is -0.914. The van der Waals surface area contributed by atoms with Crippen LogP contribution in [0.3, 0.4) is 0 Å². The van der Waals surface area contributed by atoms with E-state index in [0.717, 1.165) is 16.7 Å². The Kier molecular flexibility index (Phi) is 5.02. The number of hydrogen-bond acceptors (Lipinski definition) is 2. The lowest BCUT2D eigenvalue weighted by atomic mass is 9.58. The van der Waals surface area contributed by atoms with Crippen molar-refractivity contribution >= 4 is 29.1 Å². The van der Waals surface area contributed by atoms with Crippen molar-refractivity contribution in [1.82, 2.24) is 0 Å². The highest BCUT2D eigenvalue weighted by atomic mass is 35.5. The number of anilines is 1. The molecule has 3 aromatic carbocycles. The molecule has 4 heteroatoms. The molecule has 1 aliphatic carbocycles. The van der Waals surface area contributed by atoms with Gasteiger partial charge in [0, 0.05) is 16.9 Å². The summed E-state index contributed by atoms with van der Waals surface area (Å²) < 4.78 is 0. The van der Waals surface area contributed by atoms with Gasteiger partial charge in [-0.1, -0.05) is 90.5 Å². The van der Waals surface area contributed by atoms with E-state index in [1.165, 1.54) is 4.90 Å². The summed E-state index contributed by atoms with van der Waals surface area (Å²) in [6.45, 7) is 3.80. The molecule has 1 aliphatic heterocycles. The third-order valence-electron chi connectivity index (χ3n) is 7.14. The van der Waals surface area contributed by atoms with E-state index in [1.54, 1.807) is 18.2 Å². The largest absolute Gasteiger partial charge is 0.274 e. The van der Waals surface area contributed by atoms with E-state index in [-0.39, 0.29) is 23.7 Å². The molecule has 0 unspecified atom stereocenters. The summed E-state index contributed by atoms with van der Waals surface area (Å²) in [5.41, 5.74) is 2.47. The van der Waals surface area contributed by atoms with Gasteiger partial charge in [0.15, 0.2) is 0 Å². The van der Waals surface area contributed by atoms with Crippen LogP contribution in [0.5, 0.6) is 0 Å². The Labute approximate surface area is 193 Å². The molecular formula is C28H24ClNO2. The van der Waals surface area contributed by atoms with Gasteiger partial charge in [0.25, 0.3) is 0 Å². The first-order chi connectivity index (χ1) is 15.4. The minimum absolute atomic E-state index is 0.165. The highest BCUT2D eigenvalue weighted by Gasteiger charge is 2.63. The van der Waals surface area contributed by atoms with Crippen LogP contribution in [0.4, 0.5) is 5.69 Å². The lowest BCUT2D eigenvalue weighted by Crippen LogP contribution is -2.42. The van der Waals surface area contributed by atoms with E-state index in [1.807, 2.05) is 74.5 Å². The molecule has 2 amide bonds. The average molecular weight is 442 g/mol. The normalized spacial score (nSPS) is 27.0. The number of carbonyl (C=O) groups excluding carboxylic acids is 2. The number of carbonyl (C=O) groups is 2. The van der Waals surface area contributed by atoms with Crippen molar-refractivity contribution in [2.24, 2.45) is 11.3 Å². The Bertz CT molecular complexity index is 1220. The summed E-state index contributed by atoms with van der Waals surface area (Å²) in [5.74, 6) is -1.22. The van der Waals surface area contributed by atoms with E-state index in [9.17, 15) is 9.59 Å². The van der Waals surface area contributed by atoms with Gasteiger partial charge in [-0.2, -0.15) is 0 Å². The molecule has 3 aromatic rings. The van der Waals surface area contributed by atoms with E-state index in [2.05, 4.69) is 12.2 Å². The standard InChI is InChI=1S/C28H24ClNO2/c1-18-23(29)14-9-15-24(18)30-26(31)25-21(19-10-5-3-6-11-19)16-17-22(28(25,2)27(30)32)20-12-7-4-8-13-20/h3-17,21-22,25H,1-2H3/t21-,22+,25+,28-/m0/s1. The molecule has 4 atom stereocenters. The number of halogens is 1. The summed E-state index contributed by atoms with van der Waals surface area (Å²) in [5, 5.41) is 0.542. The molecule has 2 aliphatic rings. The molecule has 1 heterocycles. The van der Waals surface area contributed by atoms with Gasteiger partial charge >= 0.3 is 0 Å². The first-order valence-electron chi connectivity index (χ1n) is 10.9. The van der Waals surface area contributed by atoms with Gasteiger partial charge < -0.3 is 0 Å². The first-order valence-corrected chi connectivity index (χ1v) is 11.2. The fourth-order valence-electron chi connectivity index (χ4n) is 5.43. The van der Waals surface area contributed by atoms with Gasteiger partial charge in [0.2, 0.25) is 11.8 Å². The smallest absolute Gasteiger partial charge is 0.241 e. The summed E-state index contributed by atoms with van der Waals surface area (Å²) in [7, 11) is 0. The monoisotopic (exact) mass is 441 g/mol. The van der Waals surface area contributed by atoms with Crippen LogP contribution in [-0.2, 0) is 9.59 Å². The van der Waals surface area contributed by atoms with E-state index in [0.29, 0.717) is 10.7 Å². The maximum atomic E-state index is 14.1. The molecule has 0 N–H and O–H groups in total. The molecule has 0 saturated carbocycles. The van der Waals surface area contributed by atoms with Crippen molar-refractivity contribution in [2.75, 3.05) is 4.90 Å². The van der Waals surface area contributed by atoms with Gasteiger partial charge in [0.05, 0.1) is 17.0 Å². The van der Waals surface area contributed by atoms with Gasteiger partial charge in [-0.25, -0.2) is 4.90 Å². The number of nitrogens with zero attached hydrogens (tertiary/aromatic N) is 1. The van der Waals surface area contributed by atoms with Crippen LogP contribution in [0.15, 0.2) is 91.0 Å². The second-order valence-corrected chi connectivity index (χ2v) is 9.24. The number of imide groups is 1.